The molecule has 1 aliphatic carbocycles. The molecule has 2 heterocycles. The van der Waals surface area contributed by atoms with Crippen LogP contribution in [0.25, 0.3) is 0 Å². The molecule has 2 aromatic rings. The van der Waals surface area contributed by atoms with Crippen LogP contribution in [-0.2, 0) is 15.6 Å². The van der Waals surface area contributed by atoms with Crippen LogP contribution in [0.2, 0.25) is 0 Å². The van der Waals surface area contributed by atoms with E-state index in [0.717, 1.165) is 37.3 Å². The fraction of sp³-hybridized carbons (Fsp3) is 0.592. The summed E-state index contributed by atoms with van der Waals surface area (Å²) in [7, 11) is 0. The molecule has 5 rings (SSSR count). The van der Waals surface area contributed by atoms with Gasteiger partial charge in [0.25, 0.3) is 0 Å². The van der Waals surface area contributed by atoms with Gasteiger partial charge in [-0.1, -0.05) is 129 Å². The second kappa shape index (κ2) is 17.8. The Bertz CT molecular complexity index is 1760. The van der Waals surface area contributed by atoms with Crippen LogP contribution in [0.3, 0.4) is 0 Å². The van der Waals surface area contributed by atoms with Crippen molar-refractivity contribution in [1.29, 1.82) is 0 Å². The number of aliphatic hydroxyl groups is 1. The normalized spacial score (nSPS) is 18.8. The van der Waals surface area contributed by atoms with Crippen LogP contribution in [0.15, 0.2) is 65.1 Å². The third-order valence-corrected chi connectivity index (χ3v) is 12.6. The molecule has 0 atom stereocenters. The van der Waals surface area contributed by atoms with Gasteiger partial charge in [-0.2, -0.15) is 4.58 Å². The van der Waals surface area contributed by atoms with E-state index in [4.69, 9.17) is 0 Å². The predicted molar refractivity (Wildman–Crippen MR) is 226 cm³/mol. The Morgan fingerprint density at radius 1 is 0.679 bits per heavy atom. The molecule has 0 amide bonds. The van der Waals surface area contributed by atoms with Crippen molar-refractivity contribution < 1.29 is 14.5 Å². The second-order valence-electron chi connectivity index (χ2n) is 17.5. The average Bonchev–Trinajstić information content (AvgIpc) is 3.45. The van der Waals surface area contributed by atoms with Crippen molar-refractivity contribution in [3.8, 4) is 0 Å². The van der Waals surface area contributed by atoms with E-state index in [0.29, 0.717) is 11.1 Å². The number of nitrogens with zero attached hydrogens (tertiary/aromatic N) is 2. The Labute approximate surface area is 323 Å². The molecule has 1 N–H and O–H groups in total. The van der Waals surface area contributed by atoms with Crippen molar-refractivity contribution >= 4 is 22.9 Å². The highest BCUT2D eigenvalue weighted by molar-refractivity contribution is 6.24. The number of fused-ring (bicyclic) bond motifs is 2. The number of carbonyl (C=O) groups excluding carboxylic acids is 1. The molecular weight excluding hydrogens is 649 g/mol. The Morgan fingerprint density at radius 2 is 1.25 bits per heavy atom. The van der Waals surface area contributed by atoms with E-state index < -0.39 is 0 Å². The van der Waals surface area contributed by atoms with Crippen molar-refractivity contribution in [2.24, 2.45) is 0 Å². The van der Waals surface area contributed by atoms with Crippen LogP contribution in [0.5, 0.6) is 0 Å². The number of anilines is 1. The highest BCUT2D eigenvalue weighted by Crippen LogP contribution is 2.50. The molecule has 288 valence electrons. The van der Waals surface area contributed by atoms with Crippen molar-refractivity contribution in [3.63, 3.8) is 0 Å². The highest BCUT2D eigenvalue weighted by Gasteiger charge is 2.47. The number of Topliss-reactive ketones (excluding diaryl/α,β-unsaturated/α-hetero) is 1. The number of unbranched alkanes of at least 4 members (excludes halogenated alkanes) is 14. The zero-order chi connectivity index (χ0) is 38.3. The minimum absolute atomic E-state index is 0.0522. The zero-order valence-corrected chi connectivity index (χ0v) is 35.0. The number of hydrogen-bond acceptors (Lipinski definition) is 3. The van der Waals surface area contributed by atoms with Crippen LogP contribution < -0.4 is 4.90 Å². The molecule has 3 aliphatic rings. The lowest BCUT2D eigenvalue weighted by Crippen LogP contribution is -2.32. The molecular formula is C49H71N2O2+. The molecule has 4 nitrogen and oxygen atoms in total. The number of carbonyl (C=O) groups is 1. The van der Waals surface area contributed by atoms with Crippen LogP contribution in [-0.4, -0.2) is 34.3 Å². The monoisotopic (exact) mass is 720 g/mol. The third-order valence-electron chi connectivity index (χ3n) is 12.6. The molecule has 2 aromatic carbocycles. The van der Waals surface area contributed by atoms with Crippen LogP contribution in [0, 0.1) is 20.8 Å². The van der Waals surface area contributed by atoms with Gasteiger partial charge in [0.15, 0.2) is 5.71 Å². The van der Waals surface area contributed by atoms with Gasteiger partial charge in [0, 0.05) is 47.5 Å². The first-order valence-corrected chi connectivity index (χ1v) is 21.4. The topological polar surface area (TPSA) is 43.5 Å². The first kappa shape index (κ1) is 40.8. The SMILES string of the molecule is CCCCCCCCCCN1C(=CC2=C(O)C(=CC3=[N+](CCCCCCCCCC)c4ccc(C)cc4C3(C)C)C2=O)C(C)(C)c2cc(C)c(C)cc21. The van der Waals surface area contributed by atoms with Gasteiger partial charge in [-0.25, -0.2) is 0 Å². The average molecular weight is 720 g/mol. The number of aryl methyl sites for hydroxylation is 3. The molecule has 0 unspecified atom stereocenters. The van der Waals surface area contributed by atoms with E-state index in [2.05, 4.69) is 102 Å². The lowest BCUT2D eigenvalue weighted by atomic mass is 9.77. The summed E-state index contributed by atoms with van der Waals surface area (Å²) in [6.07, 6.45) is 24.5. The van der Waals surface area contributed by atoms with Crippen molar-refractivity contribution in [2.75, 3.05) is 18.0 Å². The summed E-state index contributed by atoms with van der Waals surface area (Å²) < 4.78 is 2.43. The van der Waals surface area contributed by atoms with Gasteiger partial charge in [0.1, 0.15) is 12.3 Å². The fourth-order valence-electron chi connectivity index (χ4n) is 8.91. The molecule has 0 aromatic heterocycles. The van der Waals surface area contributed by atoms with Crippen molar-refractivity contribution in [2.45, 2.75) is 176 Å². The molecule has 0 fully saturated rings. The number of aliphatic hydroxyl groups excluding tert-OH is 1. The van der Waals surface area contributed by atoms with E-state index in [1.807, 2.05) is 12.2 Å². The Kier molecular flexibility index (Phi) is 13.7. The molecule has 4 heteroatoms. The molecule has 2 aliphatic heterocycles. The van der Waals surface area contributed by atoms with Crippen molar-refractivity contribution in [3.05, 3.63) is 92.9 Å². The van der Waals surface area contributed by atoms with Gasteiger partial charge in [-0.3, -0.25) is 4.79 Å². The van der Waals surface area contributed by atoms with Crippen LogP contribution in [0.4, 0.5) is 11.4 Å². The quantitative estimate of drug-likeness (QED) is 0.0842. The lowest BCUT2D eigenvalue weighted by molar-refractivity contribution is -0.438. The Morgan fingerprint density at radius 3 is 1.85 bits per heavy atom. The summed E-state index contributed by atoms with van der Waals surface area (Å²) in [6, 6.07) is 11.4. The molecule has 0 saturated carbocycles. The zero-order valence-electron chi connectivity index (χ0n) is 35.0. The molecule has 0 radical (unpaired) electrons. The summed E-state index contributed by atoms with van der Waals surface area (Å²) in [5, 5.41) is 11.7. The predicted octanol–water partition coefficient (Wildman–Crippen LogP) is 13.3. The first-order chi connectivity index (χ1) is 25.3. The van der Waals surface area contributed by atoms with E-state index in [9.17, 15) is 9.90 Å². The molecule has 0 bridgehead atoms. The summed E-state index contributed by atoms with van der Waals surface area (Å²) in [4.78, 5) is 16.6. The third kappa shape index (κ3) is 8.79. The summed E-state index contributed by atoms with van der Waals surface area (Å²) in [6.45, 7) is 22.0. The summed E-state index contributed by atoms with van der Waals surface area (Å²) in [5.74, 6) is 0.0831. The minimum Gasteiger partial charge on any atom is -0.506 e. The van der Waals surface area contributed by atoms with Crippen molar-refractivity contribution in [1.82, 2.24) is 0 Å². The minimum atomic E-state index is -0.282. The summed E-state index contributed by atoms with van der Waals surface area (Å²) in [5.41, 5.74) is 11.5. The van der Waals surface area contributed by atoms with E-state index in [1.54, 1.807) is 0 Å². The van der Waals surface area contributed by atoms with Gasteiger partial charge in [0.05, 0.1) is 16.6 Å². The maximum absolute atomic E-state index is 14.1. The first-order valence-electron chi connectivity index (χ1n) is 21.4. The van der Waals surface area contributed by atoms with Crippen LogP contribution >= 0.6 is 0 Å². The van der Waals surface area contributed by atoms with E-state index >= 15 is 0 Å². The van der Waals surface area contributed by atoms with Gasteiger partial charge >= 0.3 is 0 Å². The Hall–Kier alpha value is -3.40. The molecule has 53 heavy (non-hydrogen) atoms. The van der Waals surface area contributed by atoms with Gasteiger partial charge in [-0.15, -0.1) is 0 Å². The number of allylic oxidation sites excluding steroid dienone is 5. The number of hydrogen-bond donors (Lipinski definition) is 1. The largest absolute Gasteiger partial charge is 0.506 e. The number of benzene rings is 2. The highest BCUT2D eigenvalue weighted by atomic mass is 16.3. The second-order valence-corrected chi connectivity index (χ2v) is 17.5. The Balaban J connectivity index is 1.42. The van der Waals surface area contributed by atoms with E-state index in [1.165, 1.54) is 129 Å². The summed E-state index contributed by atoms with van der Waals surface area (Å²) >= 11 is 0. The van der Waals surface area contributed by atoms with Crippen LogP contribution in [0.1, 0.15) is 172 Å². The smallest absolute Gasteiger partial charge is 0.209 e. The van der Waals surface area contributed by atoms with Gasteiger partial charge in [-0.05, 0) is 82.4 Å². The standard InChI is InChI=1S/C49H70N2O2/c1-10-12-14-16-18-20-22-24-28-50-42-27-26-35(3)30-40(42)48(6,7)44(50)33-38-46(52)39(47(38)53)34-45-49(8,9)41-31-36(4)37(5)32-43(41)51(45)29-25-23-21-19-17-15-13-11-2/h26-27,30-34H,10-25,28-29H2,1-9H3/p+1. The van der Waals surface area contributed by atoms with E-state index in [-0.39, 0.29) is 22.4 Å². The maximum atomic E-state index is 14.1. The molecule has 0 spiro atoms. The number of ketones is 1. The number of rotatable bonds is 20. The fourth-order valence-corrected chi connectivity index (χ4v) is 8.91. The molecule has 0 saturated heterocycles. The van der Waals surface area contributed by atoms with Gasteiger partial charge in [0.2, 0.25) is 11.5 Å². The maximum Gasteiger partial charge on any atom is 0.209 e. The van der Waals surface area contributed by atoms with Gasteiger partial charge < -0.3 is 10.0 Å². The lowest BCUT2D eigenvalue weighted by Gasteiger charge is -2.29.